The number of alkyl halides is 2. The first-order valence-corrected chi connectivity index (χ1v) is 6.69. The molecule has 0 aromatic heterocycles. The van der Waals surface area contributed by atoms with Crippen LogP contribution in [0.3, 0.4) is 0 Å². The van der Waals surface area contributed by atoms with Crippen molar-refractivity contribution in [1.29, 1.82) is 0 Å². The first kappa shape index (κ1) is 14.5. The fraction of sp³-hybridized carbons (Fsp3) is 0.571. The molecule has 0 aliphatic heterocycles. The highest BCUT2D eigenvalue weighted by Crippen LogP contribution is 2.50. The van der Waals surface area contributed by atoms with Crippen molar-refractivity contribution in [1.82, 2.24) is 4.90 Å². The summed E-state index contributed by atoms with van der Waals surface area (Å²) in [6.45, 7) is 1.29. The summed E-state index contributed by atoms with van der Waals surface area (Å²) in [7, 11) is 3.53. The minimum atomic E-state index is -2.42. The molecule has 19 heavy (non-hydrogen) atoms. The van der Waals surface area contributed by atoms with Crippen LogP contribution in [0, 0.1) is 5.92 Å². The Bertz CT molecular complexity index is 453. The van der Waals surface area contributed by atoms with Crippen LogP contribution in [-0.2, 0) is 6.54 Å². The van der Waals surface area contributed by atoms with Crippen molar-refractivity contribution in [2.24, 2.45) is 5.92 Å². The minimum Gasteiger partial charge on any atom is -0.496 e. The zero-order valence-electron chi connectivity index (χ0n) is 11.1. The molecule has 1 aromatic rings. The maximum atomic E-state index is 12.8. The molecule has 1 atom stereocenters. The van der Waals surface area contributed by atoms with E-state index in [9.17, 15) is 8.78 Å². The van der Waals surface area contributed by atoms with Gasteiger partial charge in [-0.1, -0.05) is 11.6 Å². The molecule has 1 saturated carbocycles. The van der Waals surface area contributed by atoms with E-state index in [2.05, 4.69) is 0 Å². The molecule has 0 unspecified atom stereocenters. The standard InChI is InChI=1S/C14H18ClF2NO/c1-18(6-5-11-8-14(11,16)17)9-10-7-12(15)3-4-13(10)19-2/h3-4,7,11H,5-6,8-9H2,1-2H3/t11-/m0/s1. The van der Waals surface area contributed by atoms with Crippen LogP contribution < -0.4 is 4.74 Å². The maximum Gasteiger partial charge on any atom is 0.251 e. The lowest BCUT2D eigenvalue weighted by atomic mass is 10.2. The maximum absolute atomic E-state index is 12.8. The summed E-state index contributed by atoms with van der Waals surface area (Å²) in [5, 5.41) is 0.651. The van der Waals surface area contributed by atoms with Crippen molar-refractivity contribution >= 4 is 11.6 Å². The molecular weight excluding hydrogens is 272 g/mol. The molecule has 0 amide bonds. The van der Waals surface area contributed by atoms with E-state index in [1.807, 2.05) is 24.1 Å². The SMILES string of the molecule is COc1ccc(Cl)cc1CN(C)CC[C@H]1CC1(F)F. The van der Waals surface area contributed by atoms with Gasteiger partial charge in [0.1, 0.15) is 5.75 Å². The smallest absolute Gasteiger partial charge is 0.251 e. The van der Waals surface area contributed by atoms with Crippen LogP contribution in [-0.4, -0.2) is 31.5 Å². The van der Waals surface area contributed by atoms with Gasteiger partial charge in [-0.2, -0.15) is 0 Å². The predicted octanol–water partition coefficient (Wildman–Crippen LogP) is 3.83. The van der Waals surface area contributed by atoms with Crippen molar-refractivity contribution < 1.29 is 13.5 Å². The third-order valence-corrected chi connectivity index (χ3v) is 3.73. The zero-order valence-corrected chi connectivity index (χ0v) is 11.9. The Morgan fingerprint density at radius 1 is 1.47 bits per heavy atom. The topological polar surface area (TPSA) is 12.5 Å². The van der Waals surface area contributed by atoms with Crippen LogP contribution >= 0.6 is 11.6 Å². The number of halogens is 3. The van der Waals surface area contributed by atoms with E-state index in [0.717, 1.165) is 11.3 Å². The van der Waals surface area contributed by atoms with Gasteiger partial charge in [0.15, 0.2) is 0 Å². The van der Waals surface area contributed by atoms with Gasteiger partial charge >= 0.3 is 0 Å². The van der Waals surface area contributed by atoms with Gasteiger partial charge in [0, 0.05) is 29.5 Å². The molecular formula is C14H18ClF2NO. The average molecular weight is 290 g/mol. The number of benzene rings is 1. The van der Waals surface area contributed by atoms with Crippen molar-refractivity contribution in [3.8, 4) is 5.75 Å². The predicted molar refractivity (Wildman–Crippen MR) is 72.0 cm³/mol. The van der Waals surface area contributed by atoms with Crippen LogP contribution in [0.15, 0.2) is 18.2 Å². The van der Waals surface area contributed by atoms with E-state index in [-0.39, 0.29) is 6.42 Å². The number of hydrogen-bond acceptors (Lipinski definition) is 2. The Morgan fingerprint density at radius 2 is 2.16 bits per heavy atom. The second kappa shape index (κ2) is 5.63. The summed E-state index contributed by atoms with van der Waals surface area (Å²) in [4.78, 5) is 2.02. The van der Waals surface area contributed by atoms with Crippen LogP contribution in [0.2, 0.25) is 5.02 Å². The molecule has 0 N–H and O–H groups in total. The molecule has 0 bridgehead atoms. The molecule has 0 saturated heterocycles. The number of nitrogens with zero attached hydrogens (tertiary/aromatic N) is 1. The van der Waals surface area contributed by atoms with Gasteiger partial charge in [-0.3, -0.25) is 0 Å². The lowest BCUT2D eigenvalue weighted by Crippen LogP contribution is -2.20. The van der Waals surface area contributed by atoms with Crippen molar-refractivity contribution in [3.63, 3.8) is 0 Å². The van der Waals surface area contributed by atoms with E-state index >= 15 is 0 Å². The number of rotatable bonds is 6. The molecule has 1 fully saturated rings. The molecule has 1 aliphatic rings. The van der Waals surface area contributed by atoms with E-state index in [0.29, 0.717) is 24.5 Å². The average Bonchev–Trinajstić information content (AvgIpc) is 2.95. The highest BCUT2D eigenvalue weighted by molar-refractivity contribution is 6.30. The zero-order chi connectivity index (χ0) is 14.0. The van der Waals surface area contributed by atoms with Gasteiger partial charge < -0.3 is 9.64 Å². The van der Waals surface area contributed by atoms with Crippen molar-refractivity contribution in [2.45, 2.75) is 25.3 Å². The monoisotopic (exact) mass is 289 g/mol. The van der Waals surface area contributed by atoms with E-state index in [1.165, 1.54) is 0 Å². The van der Waals surface area contributed by atoms with Gasteiger partial charge in [0.05, 0.1) is 7.11 Å². The second-order valence-corrected chi connectivity index (χ2v) is 5.58. The van der Waals surface area contributed by atoms with Crippen LogP contribution in [0.4, 0.5) is 8.78 Å². The molecule has 1 aromatic carbocycles. The molecule has 0 heterocycles. The largest absolute Gasteiger partial charge is 0.496 e. The fourth-order valence-electron chi connectivity index (χ4n) is 2.20. The quantitative estimate of drug-likeness (QED) is 0.789. The Balaban J connectivity index is 1.88. The molecule has 106 valence electrons. The Kier molecular flexibility index (Phi) is 4.31. The minimum absolute atomic E-state index is 0.0430. The summed E-state index contributed by atoms with van der Waals surface area (Å²) >= 11 is 5.96. The summed E-state index contributed by atoms with van der Waals surface area (Å²) in [6.07, 6.45) is 0.577. The third-order valence-electron chi connectivity index (χ3n) is 3.50. The Hall–Kier alpha value is -0.870. The van der Waals surface area contributed by atoms with Gasteiger partial charge in [-0.05, 0) is 38.2 Å². The van der Waals surface area contributed by atoms with Crippen molar-refractivity contribution in [3.05, 3.63) is 28.8 Å². The molecule has 1 aliphatic carbocycles. The first-order valence-electron chi connectivity index (χ1n) is 6.31. The second-order valence-electron chi connectivity index (χ2n) is 5.14. The van der Waals surface area contributed by atoms with Gasteiger partial charge in [-0.25, -0.2) is 8.78 Å². The Morgan fingerprint density at radius 3 is 2.74 bits per heavy atom. The van der Waals surface area contributed by atoms with E-state index in [4.69, 9.17) is 16.3 Å². The number of hydrogen-bond donors (Lipinski definition) is 0. The lowest BCUT2D eigenvalue weighted by Gasteiger charge is -2.18. The normalized spacial score (nSPS) is 20.6. The fourth-order valence-corrected chi connectivity index (χ4v) is 2.39. The third kappa shape index (κ3) is 3.80. The molecule has 5 heteroatoms. The van der Waals surface area contributed by atoms with E-state index in [1.54, 1.807) is 13.2 Å². The molecule has 2 nitrogen and oxygen atoms in total. The first-order chi connectivity index (χ1) is 8.92. The molecule has 0 spiro atoms. The number of ether oxygens (including phenoxy) is 1. The highest BCUT2D eigenvalue weighted by atomic mass is 35.5. The number of methoxy groups -OCH3 is 1. The van der Waals surface area contributed by atoms with Crippen LogP contribution in [0.25, 0.3) is 0 Å². The lowest BCUT2D eigenvalue weighted by molar-refractivity contribution is 0.0943. The van der Waals surface area contributed by atoms with Crippen LogP contribution in [0.1, 0.15) is 18.4 Å². The molecule has 2 rings (SSSR count). The van der Waals surface area contributed by atoms with E-state index < -0.39 is 11.8 Å². The summed E-state index contributed by atoms with van der Waals surface area (Å²) in [5.74, 6) is -2.08. The summed E-state index contributed by atoms with van der Waals surface area (Å²) in [5.41, 5.74) is 0.972. The van der Waals surface area contributed by atoms with Crippen LogP contribution in [0.5, 0.6) is 5.75 Å². The summed E-state index contributed by atoms with van der Waals surface area (Å²) in [6, 6.07) is 5.44. The van der Waals surface area contributed by atoms with Gasteiger partial charge in [0.25, 0.3) is 5.92 Å². The van der Waals surface area contributed by atoms with Gasteiger partial charge in [-0.15, -0.1) is 0 Å². The molecule has 0 radical (unpaired) electrons. The summed E-state index contributed by atoms with van der Waals surface area (Å²) < 4.78 is 30.8. The van der Waals surface area contributed by atoms with Gasteiger partial charge in [0.2, 0.25) is 0 Å². The highest BCUT2D eigenvalue weighted by Gasteiger charge is 2.55. The Labute approximate surface area is 117 Å². The van der Waals surface area contributed by atoms with Crippen molar-refractivity contribution in [2.75, 3.05) is 20.7 Å².